The van der Waals surface area contributed by atoms with Gasteiger partial charge >= 0.3 is 0 Å². The molecule has 1 aromatic carbocycles. The highest BCUT2D eigenvalue weighted by Gasteiger charge is 2.19. The van der Waals surface area contributed by atoms with Crippen LogP contribution in [-0.2, 0) is 6.42 Å². The number of alkyl halides is 1. The minimum absolute atomic E-state index is 0.0904. The molecule has 0 radical (unpaired) electrons. The Morgan fingerprint density at radius 1 is 1.25 bits per heavy atom. The van der Waals surface area contributed by atoms with Crippen LogP contribution < -0.4 is 0 Å². The van der Waals surface area contributed by atoms with Gasteiger partial charge in [-0.3, -0.25) is 0 Å². The summed E-state index contributed by atoms with van der Waals surface area (Å²) in [6.45, 7) is 4.21. The number of imidazole rings is 1. The van der Waals surface area contributed by atoms with Crippen molar-refractivity contribution < 1.29 is 0 Å². The Morgan fingerprint density at radius 2 is 2.05 bits per heavy atom. The van der Waals surface area contributed by atoms with E-state index in [-0.39, 0.29) is 5.38 Å². The van der Waals surface area contributed by atoms with Gasteiger partial charge in [-0.25, -0.2) is 4.98 Å². The van der Waals surface area contributed by atoms with Crippen molar-refractivity contribution in [1.82, 2.24) is 9.55 Å². The molecule has 20 heavy (non-hydrogen) atoms. The number of rotatable bonds is 4. The summed E-state index contributed by atoms with van der Waals surface area (Å²) in [5, 5.41) is 4.24. The molecule has 0 spiro atoms. The number of para-hydroxylation sites is 2. The van der Waals surface area contributed by atoms with Gasteiger partial charge in [0.1, 0.15) is 5.82 Å². The molecule has 2 aromatic heterocycles. The van der Waals surface area contributed by atoms with E-state index < -0.39 is 0 Å². The SMILES string of the molecule is CC(Cl)c1nc2ccccc2n1C(C)Cc1ccsc1. The normalized spacial score (nSPS) is 14.6. The van der Waals surface area contributed by atoms with Gasteiger partial charge < -0.3 is 4.57 Å². The molecule has 0 aliphatic carbocycles. The molecule has 0 bridgehead atoms. The second-order valence-corrected chi connectivity index (χ2v) is 6.56. The predicted molar refractivity (Wildman–Crippen MR) is 86.7 cm³/mol. The number of halogens is 1. The lowest BCUT2D eigenvalue weighted by atomic mass is 10.1. The van der Waals surface area contributed by atoms with E-state index in [9.17, 15) is 0 Å². The van der Waals surface area contributed by atoms with Crippen molar-refractivity contribution in [2.75, 3.05) is 0 Å². The van der Waals surface area contributed by atoms with Gasteiger partial charge in [-0.2, -0.15) is 11.3 Å². The molecule has 2 atom stereocenters. The van der Waals surface area contributed by atoms with Gasteiger partial charge in [-0.05, 0) is 54.8 Å². The molecule has 0 aliphatic heterocycles. The molecule has 3 rings (SSSR count). The number of thiophene rings is 1. The second kappa shape index (κ2) is 5.58. The highest BCUT2D eigenvalue weighted by atomic mass is 35.5. The van der Waals surface area contributed by atoms with E-state index in [1.807, 2.05) is 19.1 Å². The van der Waals surface area contributed by atoms with E-state index in [1.54, 1.807) is 11.3 Å². The smallest absolute Gasteiger partial charge is 0.127 e. The van der Waals surface area contributed by atoms with Crippen LogP contribution in [0.2, 0.25) is 0 Å². The maximum atomic E-state index is 6.32. The number of hydrogen-bond donors (Lipinski definition) is 0. The van der Waals surface area contributed by atoms with Gasteiger partial charge in [-0.15, -0.1) is 11.6 Å². The van der Waals surface area contributed by atoms with Crippen LogP contribution in [0.25, 0.3) is 11.0 Å². The van der Waals surface area contributed by atoms with Crippen molar-refractivity contribution in [3.05, 3.63) is 52.5 Å². The molecule has 0 amide bonds. The Morgan fingerprint density at radius 3 is 2.75 bits per heavy atom. The van der Waals surface area contributed by atoms with E-state index in [4.69, 9.17) is 16.6 Å². The summed E-state index contributed by atoms with van der Waals surface area (Å²) in [4.78, 5) is 4.70. The van der Waals surface area contributed by atoms with Crippen molar-refractivity contribution in [1.29, 1.82) is 0 Å². The van der Waals surface area contributed by atoms with Crippen LogP contribution in [0, 0.1) is 0 Å². The average molecular weight is 305 g/mol. The Labute approximate surface area is 128 Å². The molecule has 3 aromatic rings. The van der Waals surface area contributed by atoms with Crippen molar-refractivity contribution in [2.45, 2.75) is 31.7 Å². The lowest BCUT2D eigenvalue weighted by Gasteiger charge is -2.18. The van der Waals surface area contributed by atoms with E-state index >= 15 is 0 Å². The summed E-state index contributed by atoms with van der Waals surface area (Å²) in [6.07, 6.45) is 1.00. The molecule has 0 saturated heterocycles. The van der Waals surface area contributed by atoms with Crippen LogP contribution in [0.5, 0.6) is 0 Å². The van der Waals surface area contributed by atoms with Gasteiger partial charge in [0, 0.05) is 6.04 Å². The van der Waals surface area contributed by atoms with Gasteiger partial charge in [0.15, 0.2) is 0 Å². The second-order valence-electron chi connectivity index (χ2n) is 5.13. The lowest BCUT2D eigenvalue weighted by molar-refractivity contribution is 0.535. The zero-order chi connectivity index (χ0) is 14.1. The fraction of sp³-hybridized carbons (Fsp3) is 0.312. The minimum Gasteiger partial charge on any atom is -0.324 e. The monoisotopic (exact) mass is 304 g/mol. The summed E-state index contributed by atoms with van der Waals surface area (Å²) in [7, 11) is 0. The lowest BCUT2D eigenvalue weighted by Crippen LogP contribution is -2.12. The minimum atomic E-state index is -0.0904. The number of aromatic nitrogens is 2. The van der Waals surface area contributed by atoms with Crippen LogP contribution in [0.3, 0.4) is 0 Å². The first kappa shape index (κ1) is 13.7. The molecule has 2 heterocycles. The molecule has 0 aliphatic rings. The highest BCUT2D eigenvalue weighted by molar-refractivity contribution is 7.07. The third-order valence-corrected chi connectivity index (χ3v) is 4.46. The maximum Gasteiger partial charge on any atom is 0.127 e. The van der Waals surface area contributed by atoms with E-state index in [0.29, 0.717) is 6.04 Å². The van der Waals surface area contributed by atoms with Crippen molar-refractivity contribution in [3.63, 3.8) is 0 Å². The van der Waals surface area contributed by atoms with Gasteiger partial charge in [0.2, 0.25) is 0 Å². The molecule has 2 unspecified atom stereocenters. The molecule has 0 N–H and O–H groups in total. The average Bonchev–Trinajstić information content (AvgIpc) is 3.04. The number of benzene rings is 1. The molecule has 2 nitrogen and oxygen atoms in total. The molecular weight excluding hydrogens is 288 g/mol. The largest absolute Gasteiger partial charge is 0.324 e. The molecular formula is C16H17ClN2S. The Hall–Kier alpha value is -1.32. The van der Waals surface area contributed by atoms with Gasteiger partial charge in [0.25, 0.3) is 0 Å². The van der Waals surface area contributed by atoms with Crippen LogP contribution in [0.15, 0.2) is 41.1 Å². The van der Waals surface area contributed by atoms with Crippen molar-refractivity contribution in [3.8, 4) is 0 Å². The van der Waals surface area contributed by atoms with Crippen molar-refractivity contribution >= 4 is 34.0 Å². The predicted octanol–water partition coefficient (Wildman–Crippen LogP) is 5.20. The maximum absolute atomic E-state index is 6.32. The number of nitrogens with zero attached hydrogens (tertiary/aromatic N) is 2. The summed E-state index contributed by atoms with van der Waals surface area (Å²) >= 11 is 8.07. The van der Waals surface area contributed by atoms with Crippen LogP contribution in [-0.4, -0.2) is 9.55 Å². The first-order valence-electron chi connectivity index (χ1n) is 6.79. The van der Waals surface area contributed by atoms with Gasteiger partial charge in [-0.1, -0.05) is 12.1 Å². The number of fused-ring (bicyclic) bond motifs is 1. The van der Waals surface area contributed by atoms with E-state index in [1.165, 1.54) is 5.56 Å². The summed E-state index contributed by atoms with van der Waals surface area (Å²) < 4.78 is 2.28. The molecule has 4 heteroatoms. The fourth-order valence-electron chi connectivity index (χ4n) is 2.65. The Balaban J connectivity index is 2.06. The van der Waals surface area contributed by atoms with Crippen LogP contribution in [0.4, 0.5) is 0 Å². The highest BCUT2D eigenvalue weighted by Crippen LogP contribution is 2.29. The Kier molecular flexibility index (Phi) is 3.81. The summed E-state index contributed by atoms with van der Waals surface area (Å²) in [5.41, 5.74) is 3.55. The zero-order valence-electron chi connectivity index (χ0n) is 11.6. The van der Waals surface area contributed by atoms with Gasteiger partial charge in [0.05, 0.1) is 16.4 Å². The third kappa shape index (κ3) is 2.48. The van der Waals surface area contributed by atoms with Crippen LogP contribution in [0.1, 0.15) is 36.7 Å². The summed E-state index contributed by atoms with van der Waals surface area (Å²) in [5.74, 6) is 0.954. The summed E-state index contributed by atoms with van der Waals surface area (Å²) in [6, 6.07) is 10.8. The topological polar surface area (TPSA) is 17.8 Å². The molecule has 0 saturated carbocycles. The van der Waals surface area contributed by atoms with Crippen molar-refractivity contribution in [2.24, 2.45) is 0 Å². The standard InChI is InChI=1S/C16H17ClN2S/c1-11(9-13-7-8-20-10-13)19-15-6-4-3-5-14(15)18-16(19)12(2)17/h3-8,10-12H,9H2,1-2H3. The fourth-order valence-corrected chi connectivity index (χ4v) is 3.48. The number of hydrogen-bond acceptors (Lipinski definition) is 2. The van der Waals surface area contributed by atoms with Crippen LogP contribution >= 0.6 is 22.9 Å². The Bertz CT molecular complexity index is 700. The molecule has 0 fully saturated rings. The third-order valence-electron chi connectivity index (χ3n) is 3.53. The quantitative estimate of drug-likeness (QED) is 0.606. The zero-order valence-corrected chi connectivity index (χ0v) is 13.2. The van der Waals surface area contributed by atoms with E-state index in [0.717, 1.165) is 23.3 Å². The van der Waals surface area contributed by atoms with E-state index in [2.05, 4.69) is 40.5 Å². The molecule has 104 valence electrons. The first-order valence-corrected chi connectivity index (χ1v) is 8.16. The first-order chi connectivity index (χ1) is 9.66.